The highest BCUT2D eigenvalue weighted by Gasteiger charge is 2.08. The molecule has 0 spiro atoms. The van der Waals surface area contributed by atoms with Gasteiger partial charge in [-0.3, -0.25) is 5.10 Å². The number of benzene rings is 1. The van der Waals surface area contributed by atoms with Crippen LogP contribution in [0, 0.1) is 6.92 Å². The van der Waals surface area contributed by atoms with Crippen LogP contribution in [0.1, 0.15) is 5.69 Å². The van der Waals surface area contributed by atoms with Gasteiger partial charge in [0.15, 0.2) is 5.82 Å². The summed E-state index contributed by atoms with van der Waals surface area (Å²) < 4.78 is 5.56. The molecule has 2 heterocycles. The molecule has 0 radical (unpaired) electrons. The minimum absolute atomic E-state index is 0.320. The summed E-state index contributed by atoms with van der Waals surface area (Å²) in [6.45, 7) is 1.89. The second-order valence-corrected chi connectivity index (χ2v) is 4.60. The average molecular weight is 287 g/mol. The summed E-state index contributed by atoms with van der Waals surface area (Å²) in [4.78, 5) is 8.53. The van der Waals surface area contributed by atoms with Crippen LogP contribution < -0.4 is 4.74 Å². The number of ether oxygens (including phenoxy) is 1. The topological polar surface area (TPSA) is 63.7 Å². The second kappa shape index (κ2) is 5.30. The van der Waals surface area contributed by atoms with E-state index in [-0.39, 0.29) is 0 Å². The summed E-state index contributed by atoms with van der Waals surface area (Å²) in [6.07, 6.45) is 0. The van der Waals surface area contributed by atoms with Gasteiger partial charge in [0, 0.05) is 23.4 Å². The number of H-pyrrole nitrogens is 1. The van der Waals surface area contributed by atoms with Crippen LogP contribution in [0.5, 0.6) is 11.8 Å². The van der Waals surface area contributed by atoms with Crippen LogP contribution >= 0.6 is 11.6 Å². The fraction of sp³-hybridized carbons (Fsp3) is 0.0714. The molecule has 100 valence electrons. The van der Waals surface area contributed by atoms with Crippen molar-refractivity contribution in [3.8, 4) is 23.1 Å². The minimum Gasteiger partial charge on any atom is -0.419 e. The SMILES string of the molecule is Cc1cc(Oc2cc(Cl)nc(-c3ccccc3)n2)n[nH]1. The molecule has 0 unspecified atom stereocenters. The van der Waals surface area contributed by atoms with Crippen molar-refractivity contribution >= 4 is 11.6 Å². The highest BCUT2D eigenvalue weighted by molar-refractivity contribution is 6.29. The number of aromatic amines is 1. The third-order valence-electron chi connectivity index (χ3n) is 2.59. The first-order valence-corrected chi connectivity index (χ1v) is 6.38. The molecule has 0 amide bonds. The first-order chi connectivity index (χ1) is 9.70. The van der Waals surface area contributed by atoms with Crippen molar-refractivity contribution in [3.05, 3.63) is 53.3 Å². The number of nitrogens with zero attached hydrogens (tertiary/aromatic N) is 3. The molecule has 0 fully saturated rings. The molecule has 0 bridgehead atoms. The van der Waals surface area contributed by atoms with Gasteiger partial charge in [-0.1, -0.05) is 41.9 Å². The van der Waals surface area contributed by atoms with Crippen LogP contribution in [0.4, 0.5) is 0 Å². The Morgan fingerprint density at radius 3 is 2.55 bits per heavy atom. The third kappa shape index (κ3) is 2.78. The van der Waals surface area contributed by atoms with Crippen molar-refractivity contribution in [1.29, 1.82) is 0 Å². The van der Waals surface area contributed by atoms with Crippen LogP contribution in [-0.4, -0.2) is 20.2 Å². The normalized spacial score (nSPS) is 10.5. The number of aromatic nitrogens is 4. The number of nitrogens with one attached hydrogen (secondary N) is 1. The second-order valence-electron chi connectivity index (χ2n) is 4.21. The Bertz CT molecular complexity index is 727. The first kappa shape index (κ1) is 12.6. The smallest absolute Gasteiger partial charge is 0.240 e. The van der Waals surface area contributed by atoms with E-state index < -0.39 is 0 Å². The lowest BCUT2D eigenvalue weighted by atomic mass is 10.2. The Balaban J connectivity index is 1.94. The van der Waals surface area contributed by atoms with Gasteiger partial charge >= 0.3 is 0 Å². The van der Waals surface area contributed by atoms with E-state index in [9.17, 15) is 0 Å². The van der Waals surface area contributed by atoms with Gasteiger partial charge in [0.25, 0.3) is 0 Å². The quantitative estimate of drug-likeness (QED) is 0.747. The molecule has 1 N–H and O–H groups in total. The molecule has 2 aromatic heterocycles. The average Bonchev–Trinajstić information content (AvgIpc) is 2.84. The Kier molecular flexibility index (Phi) is 3.35. The molecular weight excluding hydrogens is 276 g/mol. The summed E-state index contributed by atoms with van der Waals surface area (Å²) in [7, 11) is 0. The van der Waals surface area contributed by atoms with Crippen molar-refractivity contribution in [2.24, 2.45) is 0 Å². The fourth-order valence-electron chi connectivity index (χ4n) is 1.72. The monoisotopic (exact) mass is 286 g/mol. The van der Waals surface area contributed by atoms with E-state index >= 15 is 0 Å². The maximum absolute atomic E-state index is 6.01. The van der Waals surface area contributed by atoms with E-state index in [1.807, 2.05) is 37.3 Å². The Morgan fingerprint density at radius 2 is 1.85 bits per heavy atom. The van der Waals surface area contributed by atoms with Crippen LogP contribution in [0.3, 0.4) is 0 Å². The van der Waals surface area contributed by atoms with E-state index in [0.717, 1.165) is 11.3 Å². The summed E-state index contributed by atoms with van der Waals surface area (Å²) in [5.41, 5.74) is 1.78. The summed E-state index contributed by atoms with van der Waals surface area (Å²) >= 11 is 6.01. The van der Waals surface area contributed by atoms with Crippen LogP contribution in [0.25, 0.3) is 11.4 Å². The van der Waals surface area contributed by atoms with Gasteiger partial charge in [-0.25, -0.2) is 4.98 Å². The molecule has 0 saturated heterocycles. The maximum atomic E-state index is 6.01. The Hall–Kier alpha value is -2.40. The van der Waals surface area contributed by atoms with Gasteiger partial charge in [-0.2, -0.15) is 4.98 Å². The minimum atomic E-state index is 0.320. The van der Waals surface area contributed by atoms with Crippen molar-refractivity contribution < 1.29 is 4.74 Å². The van der Waals surface area contributed by atoms with Gasteiger partial charge in [-0.05, 0) is 6.92 Å². The molecule has 20 heavy (non-hydrogen) atoms. The fourth-order valence-corrected chi connectivity index (χ4v) is 1.89. The standard InChI is InChI=1S/C14H11ClN4O/c1-9-7-13(19-18-9)20-12-8-11(15)16-14(17-12)10-5-3-2-4-6-10/h2-8H,1H3,(H,18,19). The lowest BCUT2D eigenvalue weighted by Gasteiger charge is -2.05. The molecule has 5 nitrogen and oxygen atoms in total. The zero-order valence-electron chi connectivity index (χ0n) is 10.7. The van der Waals surface area contributed by atoms with E-state index in [0.29, 0.717) is 22.7 Å². The molecule has 0 aliphatic rings. The van der Waals surface area contributed by atoms with Crippen molar-refractivity contribution in [1.82, 2.24) is 20.2 Å². The molecule has 3 aromatic rings. The van der Waals surface area contributed by atoms with Crippen LogP contribution in [0.15, 0.2) is 42.5 Å². The van der Waals surface area contributed by atoms with Gasteiger partial charge in [-0.15, -0.1) is 5.10 Å². The lowest BCUT2D eigenvalue weighted by molar-refractivity contribution is 0.443. The highest BCUT2D eigenvalue weighted by Crippen LogP contribution is 2.24. The number of halogens is 1. The van der Waals surface area contributed by atoms with Gasteiger partial charge in [0.05, 0.1) is 0 Å². The number of hydrogen-bond acceptors (Lipinski definition) is 4. The highest BCUT2D eigenvalue weighted by atomic mass is 35.5. The molecule has 6 heteroatoms. The molecule has 0 atom stereocenters. The summed E-state index contributed by atoms with van der Waals surface area (Å²) in [5.74, 6) is 1.31. The zero-order chi connectivity index (χ0) is 13.9. The number of aryl methyl sites for hydroxylation is 1. The van der Waals surface area contributed by atoms with Gasteiger partial charge in [0.2, 0.25) is 11.8 Å². The molecule has 0 saturated carbocycles. The number of rotatable bonds is 3. The molecule has 0 aliphatic carbocycles. The van der Waals surface area contributed by atoms with Gasteiger partial charge < -0.3 is 4.74 Å². The van der Waals surface area contributed by atoms with E-state index in [1.165, 1.54) is 0 Å². The predicted octanol–water partition coefficient (Wildman–Crippen LogP) is 3.62. The van der Waals surface area contributed by atoms with Crippen molar-refractivity contribution in [2.45, 2.75) is 6.92 Å². The van der Waals surface area contributed by atoms with E-state index in [1.54, 1.807) is 12.1 Å². The third-order valence-corrected chi connectivity index (χ3v) is 2.79. The predicted molar refractivity (Wildman–Crippen MR) is 75.9 cm³/mol. The molecule has 1 aromatic carbocycles. The largest absolute Gasteiger partial charge is 0.419 e. The summed E-state index contributed by atoms with van der Waals surface area (Å²) in [6, 6.07) is 12.9. The first-order valence-electron chi connectivity index (χ1n) is 6.00. The van der Waals surface area contributed by atoms with E-state index in [4.69, 9.17) is 16.3 Å². The van der Waals surface area contributed by atoms with Gasteiger partial charge in [0.1, 0.15) is 5.15 Å². The van der Waals surface area contributed by atoms with E-state index in [2.05, 4.69) is 20.2 Å². The Morgan fingerprint density at radius 1 is 1.05 bits per heavy atom. The Labute approximate surface area is 120 Å². The molecule has 0 aliphatic heterocycles. The lowest BCUT2D eigenvalue weighted by Crippen LogP contribution is -1.94. The van der Waals surface area contributed by atoms with Crippen molar-refractivity contribution in [2.75, 3.05) is 0 Å². The van der Waals surface area contributed by atoms with Crippen LogP contribution in [-0.2, 0) is 0 Å². The summed E-state index contributed by atoms with van der Waals surface area (Å²) in [5, 5.41) is 7.11. The molecular formula is C14H11ClN4O. The van der Waals surface area contributed by atoms with Crippen molar-refractivity contribution in [3.63, 3.8) is 0 Å². The number of hydrogen-bond donors (Lipinski definition) is 1. The zero-order valence-corrected chi connectivity index (χ0v) is 11.4. The van der Waals surface area contributed by atoms with Crippen LogP contribution in [0.2, 0.25) is 5.15 Å². The maximum Gasteiger partial charge on any atom is 0.240 e. The molecule has 3 rings (SSSR count).